The number of nitro benzene ring substituents is 1. The molecule has 2 aliphatic rings. The van der Waals surface area contributed by atoms with Gasteiger partial charge in [-0.1, -0.05) is 12.1 Å². The number of ether oxygens (including phenoxy) is 1. The molecule has 34 heavy (non-hydrogen) atoms. The van der Waals surface area contributed by atoms with Crippen LogP contribution in [0.4, 0.5) is 11.4 Å². The molecule has 1 atom stereocenters. The monoisotopic (exact) mass is 479 g/mol. The summed E-state index contributed by atoms with van der Waals surface area (Å²) in [7, 11) is 0. The predicted octanol–water partition coefficient (Wildman–Crippen LogP) is 4.66. The summed E-state index contributed by atoms with van der Waals surface area (Å²) < 4.78 is 5.37. The van der Waals surface area contributed by atoms with Gasteiger partial charge < -0.3 is 10.5 Å². The van der Waals surface area contributed by atoms with Crippen LogP contribution in [0, 0.1) is 10.1 Å². The first-order valence-corrected chi connectivity index (χ1v) is 12.2. The molecular weight excluding hydrogens is 454 g/mol. The predicted molar refractivity (Wildman–Crippen MR) is 130 cm³/mol. The van der Waals surface area contributed by atoms with Gasteiger partial charge in [-0.25, -0.2) is 4.79 Å². The second-order valence-corrected chi connectivity index (χ2v) is 8.85. The van der Waals surface area contributed by atoms with Crippen LogP contribution in [0.25, 0.3) is 0 Å². The van der Waals surface area contributed by atoms with E-state index in [1.807, 2.05) is 30.5 Å². The minimum atomic E-state index is -0.646. The molecule has 1 aliphatic heterocycles. The van der Waals surface area contributed by atoms with Crippen LogP contribution in [0.5, 0.6) is 0 Å². The summed E-state index contributed by atoms with van der Waals surface area (Å²) in [4.78, 5) is 39.9. The van der Waals surface area contributed by atoms with E-state index in [1.54, 1.807) is 35.7 Å². The first kappa shape index (κ1) is 23.6. The maximum absolute atomic E-state index is 13.3. The number of non-ortho nitro benzene ring substituents is 1. The molecule has 0 bridgehead atoms. The van der Waals surface area contributed by atoms with Crippen LogP contribution in [0.15, 0.2) is 76.1 Å². The first-order valence-electron chi connectivity index (χ1n) is 11.0. The van der Waals surface area contributed by atoms with Gasteiger partial charge in [-0.2, -0.15) is 0 Å². The van der Waals surface area contributed by atoms with Crippen LogP contribution in [-0.4, -0.2) is 29.5 Å². The van der Waals surface area contributed by atoms with Gasteiger partial charge in [-0.15, -0.1) is 11.8 Å². The molecule has 0 unspecified atom stereocenters. The van der Waals surface area contributed by atoms with Crippen LogP contribution in [0.3, 0.4) is 0 Å². The number of nitrogens with zero attached hydrogens (tertiary/aromatic N) is 2. The van der Waals surface area contributed by atoms with Crippen molar-refractivity contribution in [3.63, 3.8) is 0 Å². The van der Waals surface area contributed by atoms with Crippen molar-refractivity contribution in [2.45, 2.75) is 37.0 Å². The van der Waals surface area contributed by atoms with E-state index in [9.17, 15) is 19.7 Å². The molecule has 0 fully saturated rings. The Labute approximate surface area is 201 Å². The number of ketones is 1. The summed E-state index contributed by atoms with van der Waals surface area (Å²) in [5.74, 6) is -1.11. The van der Waals surface area contributed by atoms with Crippen molar-refractivity contribution < 1.29 is 19.2 Å². The van der Waals surface area contributed by atoms with Crippen LogP contribution in [0.2, 0.25) is 0 Å². The van der Waals surface area contributed by atoms with Gasteiger partial charge in [0.1, 0.15) is 5.82 Å². The third-order valence-corrected chi connectivity index (χ3v) is 6.80. The quantitative estimate of drug-likeness (QED) is 0.275. The number of nitrogens with two attached hydrogens (primary N) is 1. The van der Waals surface area contributed by atoms with E-state index in [4.69, 9.17) is 10.5 Å². The molecule has 0 spiro atoms. The smallest absolute Gasteiger partial charge is 0.338 e. The number of carbonyl (C=O) groups is 2. The second kappa shape index (κ2) is 9.72. The van der Waals surface area contributed by atoms with Crippen molar-refractivity contribution in [1.82, 2.24) is 0 Å². The molecule has 2 N–H and O–H groups in total. The molecule has 0 saturated heterocycles. The van der Waals surface area contributed by atoms with E-state index >= 15 is 0 Å². The van der Waals surface area contributed by atoms with Gasteiger partial charge in [0.05, 0.1) is 23.0 Å². The number of benzene rings is 2. The Hall–Kier alpha value is -3.59. The average molecular weight is 480 g/mol. The summed E-state index contributed by atoms with van der Waals surface area (Å²) >= 11 is 1.60. The van der Waals surface area contributed by atoms with E-state index in [0.717, 1.165) is 16.2 Å². The number of hydrogen-bond donors (Lipinski definition) is 1. The summed E-state index contributed by atoms with van der Waals surface area (Å²) in [6.07, 6.45) is 3.60. The van der Waals surface area contributed by atoms with Crippen molar-refractivity contribution >= 4 is 34.9 Å². The van der Waals surface area contributed by atoms with E-state index in [-0.39, 0.29) is 29.5 Å². The van der Waals surface area contributed by atoms with Gasteiger partial charge >= 0.3 is 5.97 Å². The summed E-state index contributed by atoms with van der Waals surface area (Å²) in [5.41, 5.74) is 9.36. The molecule has 0 radical (unpaired) electrons. The highest BCUT2D eigenvalue weighted by Gasteiger charge is 2.43. The normalized spacial score (nSPS) is 18.1. The van der Waals surface area contributed by atoms with Crippen molar-refractivity contribution in [2.75, 3.05) is 17.8 Å². The van der Waals surface area contributed by atoms with E-state index < -0.39 is 16.8 Å². The minimum Gasteiger partial charge on any atom is -0.463 e. The molecule has 8 nitrogen and oxygen atoms in total. The molecule has 0 saturated carbocycles. The number of anilines is 1. The molecule has 9 heteroatoms. The van der Waals surface area contributed by atoms with Crippen LogP contribution in [0.1, 0.15) is 37.7 Å². The van der Waals surface area contributed by atoms with E-state index in [1.165, 1.54) is 12.1 Å². The van der Waals surface area contributed by atoms with Crippen LogP contribution < -0.4 is 10.6 Å². The maximum atomic E-state index is 13.3. The van der Waals surface area contributed by atoms with E-state index in [0.29, 0.717) is 30.5 Å². The third-order valence-electron chi connectivity index (χ3n) is 6.06. The molecule has 176 valence electrons. The van der Waals surface area contributed by atoms with Crippen LogP contribution in [-0.2, 0) is 14.3 Å². The fourth-order valence-corrected chi connectivity index (χ4v) is 4.95. The molecular formula is C25H25N3O5S. The molecule has 1 aliphatic carbocycles. The topological polar surface area (TPSA) is 116 Å². The molecule has 2 aromatic rings. The highest BCUT2D eigenvalue weighted by Crippen LogP contribution is 2.47. The van der Waals surface area contributed by atoms with Gasteiger partial charge in [-0.05, 0) is 55.9 Å². The lowest BCUT2D eigenvalue weighted by molar-refractivity contribution is -0.384. The van der Waals surface area contributed by atoms with Crippen LogP contribution >= 0.6 is 11.8 Å². The Morgan fingerprint density at radius 1 is 1.18 bits per heavy atom. The van der Waals surface area contributed by atoms with Gasteiger partial charge in [0.25, 0.3) is 5.69 Å². The zero-order valence-electron chi connectivity index (χ0n) is 18.9. The van der Waals surface area contributed by atoms with Gasteiger partial charge in [-0.3, -0.25) is 19.8 Å². The summed E-state index contributed by atoms with van der Waals surface area (Å²) in [5, 5.41) is 11.1. The maximum Gasteiger partial charge on any atom is 0.338 e. The summed E-state index contributed by atoms with van der Waals surface area (Å²) in [6, 6.07) is 13.6. The third kappa shape index (κ3) is 4.19. The Morgan fingerprint density at radius 3 is 2.44 bits per heavy atom. The standard InChI is InChI=1S/C25H25N3O5S/c1-3-33-25(30)23-21(15-7-13-18(34-2)14-8-15)22-19(5-4-6-20(22)29)27(24(23)26)16-9-11-17(12-10-16)28(31)32/h7-14,21H,3-6,26H2,1-2H3/t21-/m1/s1. The largest absolute Gasteiger partial charge is 0.463 e. The lowest BCUT2D eigenvalue weighted by atomic mass is 9.75. The highest BCUT2D eigenvalue weighted by atomic mass is 32.2. The van der Waals surface area contributed by atoms with Gasteiger partial charge in [0.2, 0.25) is 0 Å². The fraction of sp³-hybridized carbons (Fsp3) is 0.280. The van der Waals surface area contributed by atoms with E-state index in [2.05, 4.69) is 0 Å². The number of rotatable bonds is 6. The number of nitro groups is 1. The highest BCUT2D eigenvalue weighted by molar-refractivity contribution is 7.98. The number of allylic oxidation sites excluding steroid dienone is 2. The number of carbonyl (C=O) groups excluding carboxylic acids is 2. The Kier molecular flexibility index (Phi) is 6.74. The van der Waals surface area contributed by atoms with Crippen molar-refractivity contribution in [1.29, 1.82) is 0 Å². The van der Waals surface area contributed by atoms with Gasteiger partial charge in [0, 0.05) is 40.4 Å². The lowest BCUT2D eigenvalue weighted by Gasteiger charge is -2.40. The average Bonchev–Trinajstić information content (AvgIpc) is 2.84. The molecule has 1 heterocycles. The Balaban J connectivity index is 1.94. The van der Waals surface area contributed by atoms with Gasteiger partial charge in [0.15, 0.2) is 5.78 Å². The first-order chi connectivity index (χ1) is 16.4. The Morgan fingerprint density at radius 2 is 1.85 bits per heavy atom. The molecule has 0 amide bonds. The molecule has 4 rings (SSSR count). The molecule has 0 aromatic heterocycles. The minimum absolute atomic E-state index is 0.0404. The number of hydrogen-bond acceptors (Lipinski definition) is 8. The molecule has 2 aromatic carbocycles. The second-order valence-electron chi connectivity index (χ2n) is 7.97. The Bertz CT molecular complexity index is 1200. The fourth-order valence-electron chi connectivity index (χ4n) is 4.54. The number of thioether (sulfide) groups is 1. The summed E-state index contributed by atoms with van der Waals surface area (Å²) in [6.45, 7) is 1.87. The zero-order valence-corrected chi connectivity index (χ0v) is 19.8. The zero-order chi connectivity index (χ0) is 24.4. The van der Waals surface area contributed by atoms with Crippen molar-refractivity contribution in [2.24, 2.45) is 5.73 Å². The van der Waals surface area contributed by atoms with Crippen molar-refractivity contribution in [3.05, 3.63) is 86.9 Å². The number of esters is 1. The SMILES string of the molecule is CCOC(=O)C1=C(N)N(c2ccc([N+](=O)[O-])cc2)C2=C(C(=O)CCC2)[C@H]1c1ccc(SC)cc1. The lowest BCUT2D eigenvalue weighted by Crippen LogP contribution is -2.41. The number of Topliss-reactive ketones (excluding diaryl/α,β-unsaturated/α-hetero) is 1. The van der Waals surface area contributed by atoms with Crippen molar-refractivity contribution in [3.8, 4) is 0 Å².